The SMILES string of the molecule is COc1cn(-c2ccc(F)cc2)nc1C(=O)Nc1nnc(SCc2ccccc2C)s1. The average molecular weight is 456 g/mol. The predicted octanol–water partition coefficient (Wildman–Crippen LogP) is 4.72. The Morgan fingerprint density at radius 2 is 1.97 bits per heavy atom. The molecule has 4 aromatic rings. The van der Waals surface area contributed by atoms with Crippen molar-refractivity contribution in [3.63, 3.8) is 0 Å². The lowest BCUT2D eigenvalue weighted by Crippen LogP contribution is -2.14. The number of methoxy groups -OCH3 is 1. The van der Waals surface area contributed by atoms with Crippen molar-refractivity contribution in [3.05, 3.63) is 77.4 Å². The molecular formula is C21H18FN5O2S2. The third-order valence-corrected chi connectivity index (χ3v) is 6.47. The second-order valence-electron chi connectivity index (χ2n) is 6.51. The number of benzene rings is 2. The Balaban J connectivity index is 1.45. The first-order valence-corrected chi connectivity index (χ1v) is 11.1. The molecule has 7 nitrogen and oxygen atoms in total. The Bertz CT molecular complexity index is 1210. The summed E-state index contributed by atoms with van der Waals surface area (Å²) in [7, 11) is 1.45. The molecule has 0 aliphatic heterocycles. The van der Waals surface area contributed by atoms with Gasteiger partial charge in [-0.05, 0) is 42.3 Å². The topological polar surface area (TPSA) is 81.9 Å². The molecule has 0 unspecified atom stereocenters. The minimum Gasteiger partial charge on any atom is -0.493 e. The number of nitrogens with one attached hydrogen (secondary N) is 1. The van der Waals surface area contributed by atoms with E-state index in [-0.39, 0.29) is 11.5 Å². The number of aromatic nitrogens is 4. The van der Waals surface area contributed by atoms with Crippen LogP contribution < -0.4 is 10.1 Å². The van der Waals surface area contributed by atoms with E-state index in [9.17, 15) is 9.18 Å². The smallest absolute Gasteiger partial charge is 0.281 e. The van der Waals surface area contributed by atoms with Crippen molar-refractivity contribution in [2.24, 2.45) is 0 Å². The Morgan fingerprint density at radius 1 is 1.19 bits per heavy atom. The molecule has 158 valence electrons. The van der Waals surface area contributed by atoms with Gasteiger partial charge in [-0.1, -0.05) is 47.4 Å². The Hall–Kier alpha value is -3.24. The molecule has 2 heterocycles. The van der Waals surface area contributed by atoms with Gasteiger partial charge in [-0.3, -0.25) is 10.1 Å². The van der Waals surface area contributed by atoms with Gasteiger partial charge < -0.3 is 4.74 Å². The summed E-state index contributed by atoms with van der Waals surface area (Å²) in [5, 5.41) is 15.5. The van der Waals surface area contributed by atoms with Crippen molar-refractivity contribution in [3.8, 4) is 11.4 Å². The van der Waals surface area contributed by atoms with Gasteiger partial charge in [-0.25, -0.2) is 9.07 Å². The lowest BCUT2D eigenvalue weighted by molar-refractivity contribution is 0.101. The van der Waals surface area contributed by atoms with Crippen LogP contribution in [0.5, 0.6) is 5.75 Å². The standard InChI is InChI=1S/C21H18FN5O2S2/c1-13-5-3-4-6-14(13)12-30-21-25-24-20(31-21)23-19(28)18-17(29-2)11-27(26-18)16-9-7-15(22)8-10-16/h3-11H,12H2,1-2H3,(H,23,24,28). The highest BCUT2D eigenvalue weighted by molar-refractivity contribution is 8.00. The number of ether oxygens (including phenoxy) is 1. The first-order chi connectivity index (χ1) is 15.0. The van der Waals surface area contributed by atoms with Gasteiger partial charge in [0, 0.05) is 5.75 Å². The van der Waals surface area contributed by atoms with Crippen molar-refractivity contribution in [2.45, 2.75) is 17.0 Å². The van der Waals surface area contributed by atoms with E-state index < -0.39 is 5.91 Å². The van der Waals surface area contributed by atoms with Gasteiger partial charge in [0.05, 0.1) is 19.0 Å². The molecule has 0 fully saturated rings. The van der Waals surface area contributed by atoms with E-state index >= 15 is 0 Å². The molecule has 0 saturated carbocycles. The van der Waals surface area contributed by atoms with E-state index in [0.717, 1.165) is 10.1 Å². The molecule has 0 atom stereocenters. The highest BCUT2D eigenvalue weighted by atomic mass is 32.2. The van der Waals surface area contributed by atoms with E-state index in [0.29, 0.717) is 16.6 Å². The fourth-order valence-corrected chi connectivity index (χ4v) is 4.60. The van der Waals surface area contributed by atoms with Crippen LogP contribution in [0, 0.1) is 12.7 Å². The highest BCUT2D eigenvalue weighted by Crippen LogP contribution is 2.30. The number of aryl methyl sites for hydroxylation is 1. The number of nitrogens with zero attached hydrogens (tertiary/aromatic N) is 4. The van der Waals surface area contributed by atoms with Crippen molar-refractivity contribution in [1.29, 1.82) is 0 Å². The summed E-state index contributed by atoms with van der Waals surface area (Å²) in [5.74, 6) is 0.239. The average Bonchev–Trinajstić information content (AvgIpc) is 3.40. The third-order valence-electron chi connectivity index (χ3n) is 4.45. The van der Waals surface area contributed by atoms with Gasteiger partial charge >= 0.3 is 0 Å². The fraction of sp³-hybridized carbons (Fsp3) is 0.143. The van der Waals surface area contributed by atoms with E-state index in [2.05, 4.69) is 39.7 Å². The minimum atomic E-state index is -0.468. The highest BCUT2D eigenvalue weighted by Gasteiger charge is 2.20. The summed E-state index contributed by atoms with van der Waals surface area (Å²) < 4.78 is 20.7. The summed E-state index contributed by atoms with van der Waals surface area (Å²) >= 11 is 2.85. The third kappa shape index (κ3) is 4.92. The summed E-state index contributed by atoms with van der Waals surface area (Å²) in [5.41, 5.74) is 3.14. The number of amides is 1. The van der Waals surface area contributed by atoms with Crippen LogP contribution >= 0.6 is 23.1 Å². The maximum atomic E-state index is 13.2. The molecule has 0 bridgehead atoms. The molecule has 2 aromatic carbocycles. The molecule has 4 rings (SSSR count). The fourth-order valence-electron chi connectivity index (χ4n) is 2.78. The van der Waals surface area contributed by atoms with Crippen LogP contribution in [0.3, 0.4) is 0 Å². The molecule has 0 saturated heterocycles. The molecule has 0 radical (unpaired) electrons. The number of halogens is 1. The number of carbonyl (C=O) groups is 1. The first kappa shape index (κ1) is 21.0. The molecule has 0 spiro atoms. The lowest BCUT2D eigenvalue weighted by atomic mass is 10.1. The first-order valence-electron chi connectivity index (χ1n) is 9.25. The molecule has 1 N–H and O–H groups in total. The largest absolute Gasteiger partial charge is 0.493 e. The number of hydrogen-bond acceptors (Lipinski definition) is 7. The van der Waals surface area contributed by atoms with Crippen molar-refractivity contribution in [1.82, 2.24) is 20.0 Å². The molecule has 0 aliphatic rings. The Morgan fingerprint density at radius 3 is 2.71 bits per heavy atom. The quantitative estimate of drug-likeness (QED) is 0.321. The van der Waals surface area contributed by atoms with Crippen molar-refractivity contribution >= 4 is 34.1 Å². The molecular weight excluding hydrogens is 437 g/mol. The second kappa shape index (κ2) is 9.27. The maximum Gasteiger partial charge on any atom is 0.281 e. The summed E-state index contributed by atoms with van der Waals surface area (Å²) in [6.45, 7) is 2.07. The molecule has 2 aromatic heterocycles. The molecule has 1 amide bonds. The summed E-state index contributed by atoms with van der Waals surface area (Å²) in [6, 6.07) is 13.9. The summed E-state index contributed by atoms with van der Waals surface area (Å²) in [6.07, 6.45) is 1.56. The van der Waals surface area contributed by atoms with Gasteiger partial charge in [-0.2, -0.15) is 5.10 Å². The van der Waals surface area contributed by atoms with Gasteiger partial charge in [0.2, 0.25) is 5.13 Å². The normalized spacial score (nSPS) is 10.8. The van der Waals surface area contributed by atoms with Crippen molar-refractivity contribution < 1.29 is 13.9 Å². The van der Waals surface area contributed by atoms with E-state index in [1.54, 1.807) is 30.1 Å². The van der Waals surface area contributed by atoms with Crippen LogP contribution in [0.2, 0.25) is 0 Å². The van der Waals surface area contributed by atoms with E-state index in [4.69, 9.17) is 4.74 Å². The van der Waals surface area contributed by atoms with Crippen molar-refractivity contribution in [2.75, 3.05) is 12.4 Å². The monoisotopic (exact) mass is 455 g/mol. The second-order valence-corrected chi connectivity index (χ2v) is 8.71. The van der Waals surface area contributed by atoms with E-state index in [1.165, 1.54) is 46.4 Å². The maximum absolute atomic E-state index is 13.2. The van der Waals surface area contributed by atoms with Crippen LogP contribution in [-0.4, -0.2) is 33.0 Å². The number of rotatable bonds is 7. The number of thioether (sulfide) groups is 1. The Labute approximate surface area is 186 Å². The molecule has 0 aliphatic carbocycles. The van der Waals surface area contributed by atoms with Crippen LogP contribution in [0.25, 0.3) is 5.69 Å². The zero-order valence-corrected chi connectivity index (χ0v) is 18.3. The van der Waals surface area contributed by atoms with Gasteiger partial charge in [0.25, 0.3) is 5.91 Å². The zero-order chi connectivity index (χ0) is 21.8. The van der Waals surface area contributed by atoms with Crippen LogP contribution in [0.1, 0.15) is 21.6 Å². The summed E-state index contributed by atoms with van der Waals surface area (Å²) in [4.78, 5) is 12.7. The number of anilines is 1. The Kier molecular flexibility index (Phi) is 6.28. The van der Waals surface area contributed by atoms with Gasteiger partial charge in [0.15, 0.2) is 15.8 Å². The van der Waals surface area contributed by atoms with Gasteiger partial charge in [0.1, 0.15) is 5.82 Å². The van der Waals surface area contributed by atoms with Crippen LogP contribution in [0.15, 0.2) is 59.1 Å². The van der Waals surface area contributed by atoms with Gasteiger partial charge in [-0.15, -0.1) is 10.2 Å². The predicted molar refractivity (Wildman–Crippen MR) is 119 cm³/mol. The number of hydrogen-bond donors (Lipinski definition) is 1. The van der Waals surface area contributed by atoms with Crippen LogP contribution in [-0.2, 0) is 5.75 Å². The molecule has 31 heavy (non-hydrogen) atoms. The number of carbonyl (C=O) groups excluding carboxylic acids is 1. The minimum absolute atomic E-state index is 0.0936. The molecule has 10 heteroatoms. The lowest BCUT2D eigenvalue weighted by Gasteiger charge is -2.02. The van der Waals surface area contributed by atoms with Crippen LogP contribution in [0.4, 0.5) is 9.52 Å². The zero-order valence-electron chi connectivity index (χ0n) is 16.7. The van der Waals surface area contributed by atoms with E-state index in [1.807, 2.05) is 12.1 Å².